The van der Waals surface area contributed by atoms with Crippen molar-refractivity contribution in [2.24, 2.45) is 0 Å². The van der Waals surface area contributed by atoms with E-state index in [-0.39, 0.29) is 12.1 Å². The van der Waals surface area contributed by atoms with Gasteiger partial charge in [0.05, 0.1) is 6.10 Å². The summed E-state index contributed by atoms with van der Waals surface area (Å²) in [6.45, 7) is 6.53. The van der Waals surface area contributed by atoms with Crippen LogP contribution in [0.5, 0.6) is 0 Å². The molecule has 1 saturated heterocycles. The summed E-state index contributed by atoms with van der Waals surface area (Å²) in [4.78, 5) is 0. The Bertz CT molecular complexity index is 181. The number of hydrogen-bond acceptors (Lipinski definition) is 3. The lowest BCUT2D eigenvalue weighted by atomic mass is 9.82. The Labute approximate surface area is 99.6 Å². The van der Waals surface area contributed by atoms with Gasteiger partial charge in [0.1, 0.15) is 0 Å². The van der Waals surface area contributed by atoms with Crippen molar-refractivity contribution in [2.45, 2.75) is 64.0 Å². The average Bonchev–Trinajstić information content (AvgIpc) is 2.28. The van der Waals surface area contributed by atoms with Crippen LogP contribution in [0.2, 0.25) is 0 Å². The monoisotopic (exact) mass is 229 g/mol. The highest BCUT2D eigenvalue weighted by Crippen LogP contribution is 2.29. The van der Waals surface area contributed by atoms with Gasteiger partial charge in [0.25, 0.3) is 0 Å². The van der Waals surface area contributed by atoms with Gasteiger partial charge in [0.15, 0.2) is 0 Å². The first kappa shape index (κ1) is 13.9. The van der Waals surface area contributed by atoms with Gasteiger partial charge < -0.3 is 15.2 Å². The van der Waals surface area contributed by atoms with Crippen LogP contribution in [0.1, 0.15) is 52.4 Å². The first-order chi connectivity index (χ1) is 7.76. The van der Waals surface area contributed by atoms with Gasteiger partial charge in [-0.25, -0.2) is 0 Å². The lowest BCUT2D eigenvalue weighted by molar-refractivity contribution is -0.0388. The standard InChI is InChI=1S/C13H27NO2/c1-3-5-12-11-13(6-9-15,7-10-16-12)14-8-4-2/h12,14-15H,3-11H2,1-2H3. The maximum atomic E-state index is 9.22. The summed E-state index contributed by atoms with van der Waals surface area (Å²) in [5.74, 6) is 0. The van der Waals surface area contributed by atoms with E-state index in [1.165, 1.54) is 6.42 Å². The molecule has 1 aliphatic rings. The van der Waals surface area contributed by atoms with Gasteiger partial charge in [0.2, 0.25) is 0 Å². The third-order valence-corrected chi connectivity index (χ3v) is 3.50. The normalized spacial score (nSPS) is 30.6. The molecule has 3 nitrogen and oxygen atoms in total. The minimum Gasteiger partial charge on any atom is -0.396 e. The van der Waals surface area contributed by atoms with Crippen LogP contribution in [-0.2, 0) is 4.74 Å². The fourth-order valence-corrected chi connectivity index (χ4v) is 2.61. The Morgan fingerprint density at radius 1 is 1.38 bits per heavy atom. The van der Waals surface area contributed by atoms with Crippen LogP contribution in [0, 0.1) is 0 Å². The molecule has 3 heteroatoms. The van der Waals surface area contributed by atoms with Crippen molar-refractivity contribution < 1.29 is 9.84 Å². The van der Waals surface area contributed by atoms with Gasteiger partial charge in [-0.15, -0.1) is 0 Å². The van der Waals surface area contributed by atoms with Crippen LogP contribution in [0.25, 0.3) is 0 Å². The quantitative estimate of drug-likeness (QED) is 0.702. The largest absolute Gasteiger partial charge is 0.396 e. The lowest BCUT2D eigenvalue weighted by Gasteiger charge is -2.41. The Balaban J connectivity index is 2.52. The third kappa shape index (κ3) is 4.04. The van der Waals surface area contributed by atoms with Crippen molar-refractivity contribution in [3.05, 3.63) is 0 Å². The van der Waals surface area contributed by atoms with Gasteiger partial charge in [-0.2, -0.15) is 0 Å². The second-order valence-corrected chi connectivity index (χ2v) is 4.92. The summed E-state index contributed by atoms with van der Waals surface area (Å²) < 4.78 is 5.78. The molecular formula is C13H27NO2. The van der Waals surface area contributed by atoms with Crippen molar-refractivity contribution in [3.63, 3.8) is 0 Å². The smallest absolute Gasteiger partial charge is 0.0592 e. The van der Waals surface area contributed by atoms with Gasteiger partial charge >= 0.3 is 0 Å². The zero-order valence-electron chi connectivity index (χ0n) is 10.8. The minimum atomic E-state index is 0.128. The Hall–Kier alpha value is -0.120. The summed E-state index contributed by atoms with van der Waals surface area (Å²) in [5, 5.41) is 12.9. The van der Waals surface area contributed by atoms with Crippen molar-refractivity contribution in [1.29, 1.82) is 0 Å². The molecule has 0 radical (unpaired) electrons. The van der Waals surface area contributed by atoms with Crippen LogP contribution in [0.3, 0.4) is 0 Å². The van der Waals surface area contributed by atoms with Crippen LogP contribution in [0.4, 0.5) is 0 Å². The maximum absolute atomic E-state index is 9.22. The molecule has 2 atom stereocenters. The highest BCUT2D eigenvalue weighted by atomic mass is 16.5. The molecular weight excluding hydrogens is 202 g/mol. The van der Waals surface area contributed by atoms with Crippen molar-refractivity contribution in [3.8, 4) is 0 Å². The Morgan fingerprint density at radius 2 is 2.19 bits per heavy atom. The summed E-state index contributed by atoms with van der Waals surface area (Å²) >= 11 is 0. The number of aliphatic hydroxyl groups excluding tert-OH is 1. The molecule has 0 aliphatic carbocycles. The molecule has 0 aromatic rings. The van der Waals surface area contributed by atoms with Crippen LogP contribution in [0.15, 0.2) is 0 Å². The van der Waals surface area contributed by atoms with Gasteiger partial charge in [-0.3, -0.25) is 0 Å². The summed E-state index contributed by atoms with van der Waals surface area (Å²) in [7, 11) is 0. The zero-order valence-corrected chi connectivity index (χ0v) is 10.8. The average molecular weight is 229 g/mol. The number of aliphatic hydroxyl groups is 1. The maximum Gasteiger partial charge on any atom is 0.0592 e. The van der Waals surface area contributed by atoms with E-state index >= 15 is 0 Å². The molecule has 0 saturated carbocycles. The van der Waals surface area contributed by atoms with Gasteiger partial charge in [0, 0.05) is 18.8 Å². The number of ether oxygens (including phenoxy) is 1. The molecule has 2 unspecified atom stereocenters. The molecule has 0 spiro atoms. The van der Waals surface area contributed by atoms with Crippen molar-refractivity contribution >= 4 is 0 Å². The zero-order chi connectivity index (χ0) is 11.9. The van der Waals surface area contributed by atoms with E-state index in [9.17, 15) is 5.11 Å². The first-order valence-electron chi connectivity index (χ1n) is 6.74. The summed E-state index contributed by atoms with van der Waals surface area (Å²) in [6.07, 6.45) is 6.79. The molecule has 0 bridgehead atoms. The van der Waals surface area contributed by atoms with Crippen LogP contribution >= 0.6 is 0 Å². The van der Waals surface area contributed by atoms with Gasteiger partial charge in [-0.05, 0) is 38.6 Å². The van der Waals surface area contributed by atoms with Crippen LogP contribution in [-0.4, -0.2) is 36.5 Å². The highest BCUT2D eigenvalue weighted by molar-refractivity contribution is 4.93. The fraction of sp³-hybridized carbons (Fsp3) is 1.00. The lowest BCUT2D eigenvalue weighted by Crippen LogP contribution is -2.52. The molecule has 2 N–H and O–H groups in total. The fourth-order valence-electron chi connectivity index (χ4n) is 2.61. The molecule has 1 heterocycles. The SMILES string of the molecule is CCCNC1(CCO)CCOC(CCC)C1. The second-order valence-electron chi connectivity index (χ2n) is 4.92. The van der Waals surface area contributed by atoms with Crippen LogP contribution < -0.4 is 5.32 Å². The number of nitrogens with one attached hydrogen (secondary N) is 1. The predicted octanol–water partition coefficient (Wildman–Crippen LogP) is 2.09. The molecule has 1 rings (SSSR count). The van der Waals surface area contributed by atoms with Crippen molar-refractivity contribution in [2.75, 3.05) is 19.8 Å². The van der Waals surface area contributed by atoms with E-state index < -0.39 is 0 Å². The Kier molecular flexibility index (Phi) is 6.32. The van der Waals surface area contributed by atoms with E-state index in [0.29, 0.717) is 6.10 Å². The molecule has 0 aromatic carbocycles. The minimum absolute atomic E-state index is 0.128. The Morgan fingerprint density at radius 3 is 2.81 bits per heavy atom. The van der Waals surface area contributed by atoms with E-state index in [1.807, 2.05) is 0 Å². The molecule has 1 aliphatic heterocycles. The molecule has 16 heavy (non-hydrogen) atoms. The first-order valence-corrected chi connectivity index (χ1v) is 6.74. The molecule has 1 fully saturated rings. The highest BCUT2D eigenvalue weighted by Gasteiger charge is 2.35. The topological polar surface area (TPSA) is 41.5 Å². The number of hydrogen-bond donors (Lipinski definition) is 2. The van der Waals surface area contributed by atoms with E-state index in [1.54, 1.807) is 0 Å². The van der Waals surface area contributed by atoms with E-state index in [4.69, 9.17) is 4.74 Å². The third-order valence-electron chi connectivity index (χ3n) is 3.50. The van der Waals surface area contributed by atoms with E-state index in [2.05, 4.69) is 19.2 Å². The van der Waals surface area contributed by atoms with E-state index in [0.717, 1.165) is 45.3 Å². The molecule has 96 valence electrons. The summed E-state index contributed by atoms with van der Waals surface area (Å²) in [5.41, 5.74) is 0.128. The molecule has 0 amide bonds. The second kappa shape index (κ2) is 7.25. The van der Waals surface area contributed by atoms with Gasteiger partial charge in [-0.1, -0.05) is 20.3 Å². The molecule has 0 aromatic heterocycles. The predicted molar refractivity (Wildman–Crippen MR) is 66.6 cm³/mol. The summed E-state index contributed by atoms with van der Waals surface area (Å²) in [6, 6.07) is 0. The number of rotatable bonds is 7. The van der Waals surface area contributed by atoms with Crippen molar-refractivity contribution in [1.82, 2.24) is 5.32 Å².